The van der Waals surface area contributed by atoms with Gasteiger partial charge in [0, 0.05) is 44.3 Å². The van der Waals surface area contributed by atoms with E-state index in [4.69, 9.17) is 16.3 Å². The lowest BCUT2D eigenvalue weighted by molar-refractivity contribution is 0.281. The Balaban J connectivity index is 1.48. The van der Waals surface area contributed by atoms with Crippen LogP contribution in [0, 0.1) is 6.92 Å². The third-order valence-electron chi connectivity index (χ3n) is 4.41. The second-order valence-corrected chi connectivity index (χ2v) is 6.93. The van der Waals surface area contributed by atoms with Crippen molar-refractivity contribution < 1.29 is 4.74 Å². The van der Waals surface area contributed by atoms with Crippen molar-refractivity contribution in [1.29, 1.82) is 0 Å². The maximum Gasteiger partial charge on any atom is 0.193 e. The number of nitrogens with zero attached hydrogens (tertiary/aromatic N) is 5. The van der Waals surface area contributed by atoms with Crippen LogP contribution in [0.4, 0.5) is 0 Å². The first kappa shape index (κ1) is 20.7. The Kier molecular flexibility index (Phi) is 7.08. The topological polar surface area (TPSA) is 67.6 Å². The van der Waals surface area contributed by atoms with Gasteiger partial charge in [-0.15, -0.1) is 0 Å². The number of benzene rings is 1. The predicted octanol–water partition coefficient (Wildman–Crippen LogP) is 3.32. The maximum absolute atomic E-state index is 5.89. The van der Waals surface area contributed by atoms with Gasteiger partial charge in [0.2, 0.25) is 0 Å². The Morgan fingerprint density at radius 3 is 2.62 bits per heavy atom. The molecule has 0 aliphatic heterocycles. The molecule has 0 saturated heterocycles. The summed E-state index contributed by atoms with van der Waals surface area (Å²) < 4.78 is 7.70. The smallest absolute Gasteiger partial charge is 0.193 e. The van der Waals surface area contributed by atoms with Crippen molar-refractivity contribution in [2.24, 2.45) is 4.99 Å². The number of pyridine rings is 1. The molecule has 0 unspecified atom stereocenters. The van der Waals surface area contributed by atoms with Gasteiger partial charge in [0.1, 0.15) is 24.0 Å². The van der Waals surface area contributed by atoms with E-state index >= 15 is 0 Å². The third-order valence-corrected chi connectivity index (χ3v) is 4.67. The Morgan fingerprint density at radius 2 is 2.00 bits per heavy atom. The fourth-order valence-electron chi connectivity index (χ4n) is 2.79. The third kappa shape index (κ3) is 5.71. The number of nitrogens with one attached hydrogen (secondary N) is 1. The van der Waals surface area contributed by atoms with E-state index in [0.717, 1.165) is 28.9 Å². The molecule has 0 bridgehead atoms. The summed E-state index contributed by atoms with van der Waals surface area (Å²) in [5, 5.41) is 4.05. The number of aryl methyl sites for hydroxylation is 1. The van der Waals surface area contributed by atoms with Gasteiger partial charge < -0.3 is 15.0 Å². The molecule has 0 saturated carbocycles. The number of halogens is 1. The predicted molar refractivity (Wildman–Crippen MR) is 116 cm³/mol. The molecule has 0 aliphatic carbocycles. The minimum Gasteiger partial charge on any atom is -0.492 e. The molecule has 152 valence electrons. The van der Waals surface area contributed by atoms with Crippen molar-refractivity contribution in [1.82, 2.24) is 24.8 Å². The first-order valence-corrected chi connectivity index (χ1v) is 9.70. The zero-order valence-corrected chi connectivity index (χ0v) is 17.6. The summed E-state index contributed by atoms with van der Waals surface area (Å²) in [5.41, 5.74) is 1.07. The molecule has 29 heavy (non-hydrogen) atoms. The van der Waals surface area contributed by atoms with E-state index in [0.29, 0.717) is 24.7 Å². The van der Waals surface area contributed by atoms with Crippen LogP contribution in [-0.2, 0) is 6.54 Å². The number of aliphatic imine (C=N–C) groups is 1. The van der Waals surface area contributed by atoms with Crippen molar-refractivity contribution in [3.63, 3.8) is 0 Å². The summed E-state index contributed by atoms with van der Waals surface area (Å²) in [5.74, 6) is 3.35. The van der Waals surface area contributed by atoms with Crippen molar-refractivity contribution >= 4 is 17.6 Å². The molecule has 0 spiro atoms. The largest absolute Gasteiger partial charge is 0.492 e. The molecule has 3 rings (SSSR count). The molecular weight excluding hydrogens is 388 g/mol. The highest BCUT2D eigenvalue weighted by molar-refractivity contribution is 6.30. The lowest BCUT2D eigenvalue weighted by Crippen LogP contribution is -2.40. The molecule has 1 aromatic carbocycles. The van der Waals surface area contributed by atoms with Gasteiger partial charge in [-0.3, -0.25) is 9.56 Å². The summed E-state index contributed by atoms with van der Waals surface area (Å²) in [4.78, 5) is 15.1. The highest BCUT2D eigenvalue weighted by Crippen LogP contribution is 2.15. The molecule has 7 nitrogen and oxygen atoms in total. The molecule has 0 radical (unpaired) electrons. The zero-order chi connectivity index (χ0) is 20.6. The van der Waals surface area contributed by atoms with E-state index in [2.05, 4.69) is 20.3 Å². The number of guanidine groups is 1. The standard InChI is InChI=1S/C21H25ClN6O/c1-16-24-10-11-28(16)20-9-4-17(14-25-20)15-26-21(23-2)27(3)12-13-29-19-7-5-18(22)6-8-19/h4-11,14H,12-13,15H2,1-3H3,(H,23,26). The van der Waals surface area contributed by atoms with Crippen LogP contribution in [0.1, 0.15) is 11.4 Å². The number of aromatic nitrogens is 3. The van der Waals surface area contributed by atoms with Gasteiger partial charge >= 0.3 is 0 Å². The van der Waals surface area contributed by atoms with E-state index in [-0.39, 0.29) is 0 Å². The Labute approximate surface area is 176 Å². The van der Waals surface area contributed by atoms with Gasteiger partial charge in [0.05, 0.1) is 6.54 Å². The van der Waals surface area contributed by atoms with Crippen molar-refractivity contribution in [3.8, 4) is 11.6 Å². The van der Waals surface area contributed by atoms with Gasteiger partial charge in [-0.05, 0) is 42.8 Å². The summed E-state index contributed by atoms with van der Waals surface area (Å²) in [6, 6.07) is 11.4. The fourth-order valence-corrected chi connectivity index (χ4v) is 2.91. The van der Waals surface area contributed by atoms with Gasteiger partial charge in [-0.1, -0.05) is 17.7 Å². The Bertz CT molecular complexity index is 937. The molecule has 0 atom stereocenters. The van der Waals surface area contributed by atoms with Crippen LogP contribution < -0.4 is 10.1 Å². The average Bonchev–Trinajstić information content (AvgIpc) is 3.16. The van der Waals surface area contributed by atoms with Crippen molar-refractivity contribution in [2.45, 2.75) is 13.5 Å². The van der Waals surface area contributed by atoms with Gasteiger partial charge in [-0.25, -0.2) is 9.97 Å². The van der Waals surface area contributed by atoms with Crippen LogP contribution in [0.2, 0.25) is 5.02 Å². The van der Waals surface area contributed by atoms with Gasteiger partial charge in [0.25, 0.3) is 0 Å². The maximum atomic E-state index is 5.89. The highest BCUT2D eigenvalue weighted by atomic mass is 35.5. The molecule has 3 aromatic rings. The second-order valence-electron chi connectivity index (χ2n) is 6.49. The van der Waals surface area contributed by atoms with E-state index in [1.165, 1.54) is 0 Å². The van der Waals surface area contributed by atoms with E-state index in [9.17, 15) is 0 Å². The fraction of sp³-hybridized carbons (Fsp3) is 0.286. The normalized spacial score (nSPS) is 11.4. The van der Waals surface area contributed by atoms with Crippen LogP contribution >= 0.6 is 11.6 Å². The number of hydrogen-bond acceptors (Lipinski definition) is 4. The molecule has 0 fully saturated rings. The van der Waals surface area contributed by atoms with E-state index < -0.39 is 0 Å². The molecular formula is C21H25ClN6O. The number of hydrogen-bond donors (Lipinski definition) is 1. The lowest BCUT2D eigenvalue weighted by Gasteiger charge is -2.22. The molecule has 2 heterocycles. The van der Waals surface area contributed by atoms with Crippen LogP contribution in [0.25, 0.3) is 5.82 Å². The number of ether oxygens (including phenoxy) is 1. The molecule has 2 aromatic heterocycles. The first-order valence-electron chi connectivity index (χ1n) is 9.32. The minimum absolute atomic E-state index is 0.541. The summed E-state index contributed by atoms with van der Waals surface area (Å²) in [6.07, 6.45) is 5.53. The lowest BCUT2D eigenvalue weighted by atomic mass is 10.3. The average molecular weight is 413 g/mol. The Morgan fingerprint density at radius 1 is 1.21 bits per heavy atom. The highest BCUT2D eigenvalue weighted by Gasteiger charge is 2.07. The van der Waals surface area contributed by atoms with Crippen LogP contribution in [0.5, 0.6) is 5.75 Å². The molecule has 8 heteroatoms. The van der Waals surface area contributed by atoms with E-state index in [1.807, 2.05) is 72.2 Å². The van der Waals surface area contributed by atoms with Crippen LogP contribution in [0.15, 0.2) is 60.0 Å². The minimum atomic E-state index is 0.541. The van der Waals surface area contributed by atoms with Crippen LogP contribution in [-0.4, -0.2) is 52.6 Å². The Hall–Kier alpha value is -3.06. The zero-order valence-electron chi connectivity index (χ0n) is 16.8. The summed E-state index contributed by atoms with van der Waals surface area (Å²) >= 11 is 5.89. The molecule has 1 N–H and O–H groups in total. The first-order chi connectivity index (χ1) is 14.1. The monoisotopic (exact) mass is 412 g/mol. The number of rotatable bonds is 7. The SMILES string of the molecule is CN=C(NCc1ccc(-n2ccnc2C)nc1)N(C)CCOc1ccc(Cl)cc1. The number of likely N-dealkylation sites (N-methyl/N-ethyl adjacent to an activating group) is 1. The van der Waals surface area contributed by atoms with Crippen molar-refractivity contribution in [3.05, 3.63) is 71.4 Å². The quantitative estimate of drug-likeness (QED) is 0.476. The second kappa shape index (κ2) is 9.93. The summed E-state index contributed by atoms with van der Waals surface area (Å²) in [6.45, 7) is 3.82. The number of imidazole rings is 1. The van der Waals surface area contributed by atoms with Crippen molar-refractivity contribution in [2.75, 3.05) is 27.2 Å². The molecule has 0 aliphatic rings. The summed E-state index contributed by atoms with van der Waals surface area (Å²) in [7, 11) is 3.74. The van der Waals surface area contributed by atoms with Gasteiger partial charge in [0.15, 0.2) is 5.96 Å². The molecule has 0 amide bonds. The van der Waals surface area contributed by atoms with E-state index in [1.54, 1.807) is 13.2 Å². The van der Waals surface area contributed by atoms with Gasteiger partial charge in [-0.2, -0.15) is 0 Å². The van der Waals surface area contributed by atoms with Crippen LogP contribution in [0.3, 0.4) is 0 Å².